The molecule has 0 saturated heterocycles. The molecule has 0 unspecified atom stereocenters. The molecule has 2 rings (SSSR count). The molecule has 0 aromatic heterocycles. The first-order valence-corrected chi connectivity index (χ1v) is 8.98. The van der Waals surface area contributed by atoms with Gasteiger partial charge < -0.3 is 9.47 Å². The molecule has 0 N–H and O–H groups in total. The third kappa shape index (κ3) is 3.78. The standard InChI is InChI=1S/C14H15ClO6S/c1-20-13(17)4-2-3-11(16)10-7-9-5-6-21-14(9)12(8-10)22(15,18)19/h7-8H,2-6H2,1H3. The topological polar surface area (TPSA) is 86.7 Å². The highest BCUT2D eigenvalue weighted by Gasteiger charge is 2.26. The zero-order valence-electron chi connectivity index (χ0n) is 11.9. The summed E-state index contributed by atoms with van der Waals surface area (Å²) < 4.78 is 33.0. The molecule has 1 aromatic rings. The number of rotatable bonds is 6. The molecule has 22 heavy (non-hydrogen) atoms. The van der Waals surface area contributed by atoms with E-state index in [1.54, 1.807) is 6.07 Å². The molecule has 0 fully saturated rings. The largest absolute Gasteiger partial charge is 0.492 e. The van der Waals surface area contributed by atoms with Crippen LogP contribution in [0.1, 0.15) is 35.2 Å². The molecule has 120 valence electrons. The normalized spacial score (nSPS) is 13.4. The monoisotopic (exact) mass is 346 g/mol. The maximum Gasteiger partial charge on any atom is 0.305 e. The Morgan fingerprint density at radius 1 is 1.32 bits per heavy atom. The number of Topliss-reactive ketones (excluding diaryl/α,β-unsaturated/α-hetero) is 1. The third-order valence-corrected chi connectivity index (χ3v) is 4.67. The first-order chi connectivity index (χ1) is 10.3. The molecule has 0 spiro atoms. The minimum absolute atomic E-state index is 0.122. The van der Waals surface area contributed by atoms with Crippen molar-refractivity contribution in [2.24, 2.45) is 0 Å². The van der Waals surface area contributed by atoms with E-state index in [2.05, 4.69) is 4.74 Å². The number of fused-ring (bicyclic) bond motifs is 1. The van der Waals surface area contributed by atoms with Crippen LogP contribution in [0.25, 0.3) is 0 Å². The summed E-state index contributed by atoms with van der Waals surface area (Å²) in [6.07, 6.45) is 1.12. The van der Waals surface area contributed by atoms with Crippen LogP contribution < -0.4 is 4.74 Å². The minimum Gasteiger partial charge on any atom is -0.492 e. The average Bonchev–Trinajstić information content (AvgIpc) is 2.92. The quantitative estimate of drug-likeness (QED) is 0.445. The molecular formula is C14H15ClO6S. The maximum atomic E-state index is 12.2. The fraction of sp³-hybridized carbons (Fsp3) is 0.429. The second-order valence-corrected chi connectivity index (χ2v) is 7.39. The Morgan fingerprint density at radius 3 is 2.68 bits per heavy atom. The maximum absolute atomic E-state index is 12.2. The van der Waals surface area contributed by atoms with Gasteiger partial charge in [0.1, 0.15) is 10.6 Å². The third-order valence-electron chi connectivity index (χ3n) is 3.35. The predicted molar refractivity (Wildman–Crippen MR) is 78.9 cm³/mol. The molecule has 1 aromatic carbocycles. The van der Waals surface area contributed by atoms with Crippen molar-refractivity contribution < 1.29 is 27.5 Å². The zero-order chi connectivity index (χ0) is 16.3. The summed E-state index contributed by atoms with van der Waals surface area (Å²) in [4.78, 5) is 23.0. The highest BCUT2D eigenvalue weighted by molar-refractivity contribution is 8.13. The lowest BCUT2D eigenvalue weighted by atomic mass is 10.0. The average molecular weight is 347 g/mol. The number of ketones is 1. The van der Waals surface area contributed by atoms with E-state index in [0.717, 1.165) is 0 Å². The molecule has 8 heteroatoms. The van der Waals surface area contributed by atoms with Crippen molar-refractivity contribution in [1.29, 1.82) is 0 Å². The number of hydrogen-bond donors (Lipinski definition) is 0. The minimum atomic E-state index is -4.00. The molecule has 0 radical (unpaired) electrons. The van der Waals surface area contributed by atoms with Gasteiger partial charge in [-0.15, -0.1) is 0 Å². The SMILES string of the molecule is COC(=O)CCCC(=O)c1cc2c(c(S(=O)(=O)Cl)c1)OCC2. The van der Waals surface area contributed by atoms with E-state index >= 15 is 0 Å². The summed E-state index contributed by atoms with van der Waals surface area (Å²) in [5.41, 5.74) is 0.909. The molecular weight excluding hydrogens is 332 g/mol. The van der Waals surface area contributed by atoms with Crippen molar-refractivity contribution in [3.63, 3.8) is 0 Å². The van der Waals surface area contributed by atoms with Gasteiger partial charge in [-0.3, -0.25) is 9.59 Å². The molecule has 0 amide bonds. The van der Waals surface area contributed by atoms with Crippen LogP contribution in [0.2, 0.25) is 0 Å². The highest BCUT2D eigenvalue weighted by Crippen LogP contribution is 2.36. The van der Waals surface area contributed by atoms with Crippen LogP contribution in [-0.4, -0.2) is 33.9 Å². The molecule has 6 nitrogen and oxygen atoms in total. The highest BCUT2D eigenvalue weighted by atomic mass is 35.7. The van der Waals surface area contributed by atoms with Crippen molar-refractivity contribution in [1.82, 2.24) is 0 Å². The van der Waals surface area contributed by atoms with Gasteiger partial charge in [-0.2, -0.15) is 0 Å². The van der Waals surface area contributed by atoms with Gasteiger partial charge in [0.05, 0.1) is 13.7 Å². The van der Waals surface area contributed by atoms with Crippen LogP contribution in [0, 0.1) is 0 Å². The molecule has 1 heterocycles. The van der Waals surface area contributed by atoms with E-state index in [-0.39, 0.29) is 40.8 Å². The molecule has 1 aliphatic rings. The van der Waals surface area contributed by atoms with Crippen molar-refractivity contribution in [3.05, 3.63) is 23.3 Å². The van der Waals surface area contributed by atoms with E-state index in [1.165, 1.54) is 13.2 Å². The number of carbonyl (C=O) groups excluding carboxylic acids is 2. The van der Waals surface area contributed by atoms with E-state index < -0.39 is 9.05 Å². The lowest BCUT2D eigenvalue weighted by Crippen LogP contribution is -2.05. The lowest BCUT2D eigenvalue weighted by Gasteiger charge is -2.08. The predicted octanol–water partition coefficient (Wildman–Crippen LogP) is 2.08. The molecule has 0 saturated carbocycles. The Balaban J connectivity index is 2.21. The summed E-state index contributed by atoms with van der Waals surface area (Å²) in [6, 6.07) is 2.85. The Labute approximate surface area is 132 Å². The Bertz CT molecular complexity index is 710. The van der Waals surface area contributed by atoms with Gasteiger partial charge in [-0.25, -0.2) is 8.42 Å². The summed E-state index contributed by atoms with van der Waals surface area (Å²) in [5, 5.41) is 0. The first-order valence-electron chi connectivity index (χ1n) is 6.67. The van der Waals surface area contributed by atoms with Crippen molar-refractivity contribution >= 4 is 31.5 Å². The number of halogens is 1. The van der Waals surface area contributed by atoms with E-state index in [9.17, 15) is 18.0 Å². The van der Waals surface area contributed by atoms with Gasteiger partial charge in [0.2, 0.25) is 0 Å². The van der Waals surface area contributed by atoms with Crippen LogP contribution in [0.5, 0.6) is 5.75 Å². The number of ether oxygens (including phenoxy) is 2. The summed E-state index contributed by atoms with van der Waals surface area (Å²) >= 11 is 0. The van der Waals surface area contributed by atoms with Gasteiger partial charge >= 0.3 is 5.97 Å². The smallest absolute Gasteiger partial charge is 0.305 e. The van der Waals surface area contributed by atoms with E-state index in [0.29, 0.717) is 25.0 Å². The Kier molecular flexibility index (Phi) is 5.08. The fourth-order valence-electron chi connectivity index (χ4n) is 2.25. The van der Waals surface area contributed by atoms with Crippen LogP contribution in [0.15, 0.2) is 17.0 Å². The lowest BCUT2D eigenvalue weighted by molar-refractivity contribution is -0.140. The number of benzene rings is 1. The van der Waals surface area contributed by atoms with E-state index in [4.69, 9.17) is 15.4 Å². The molecule has 0 aliphatic carbocycles. The van der Waals surface area contributed by atoms with Gasteiger partial charge in [0.25, 0.3) is 9.05 Å². The fourth-order valence-corrected chi connectivity index (χ4v) is 3.28. The van der Waals surface area contributed by atoms with Crippen LogP contribution >= 0.6 is 10.7 Å². The van der Waals surface area contributed by atoms with Gasteiger partial charge in [-0.1, -0.05) is 0 Å². The number of esters is 1. The molecule has 1 aliphatic heterocycles. The van der Waals surface area contributed by atoms with Crippen LogP contribution in [-0.2, 0) is 25.0 Å². The molecule has 0 bridgehead atoms. The Morgan fingerprint density at radius 2 is 2.05 bits per heavy atom. The number of methoxy groups -OCH3 is 1. The van der Waals surface area contributed by atoms with Gasteiger partial charge in [0.15, 0.2) is 5.78 Å². The Hall–Kier alpha value is -1.60. The number of carbonyl (C=O) groups is 2. The molecule has 0 atom stereocenters. The van der Waals surface area contributed by atoms with Crippen LogP contribution in [0.4, 0.5) is 0 Å². The van der Waals surface area contributed by atoms with E-state index in [1.807, 2.05) is 0 Å². The van der Waals surface area contributed by atoms with Crippen molar-refractivity contribution in [3.8, 4) is 5.75 Å². The second-order valence-electron chi connectivity index (χ2n) is 4.85. The van der Waals surface area contributed by atoms with Gasteiger partial charge in [-0.05, 0) is 24.1 Å². The summed E-state index contributed by atoms with van der Waals surface area (Å²) in [5.74, 6) is -0.416. The summed E-state index contributed by atoms with van der Waals surface area (Å²) in [6.45, 7) is 0.356. The first kappa shape index (κ1) is 16.8. The van der Waals surface area contributed by atoms with Crippen molar-refractivity contribution in [2.45, 2.75) is 30.6 Å². The van der Waals surface area contributed by atoms with Gasteiger partial charge in [0, 0.05) is 35.5 Å². The second kappa shape index (κ2) is 6.66. The number of hydrogen-bond acceptors (Lipinski definition) is 6. The van der Waals surface area contributed by atoms with Crippen LogP contribution in [0.3, 0.4) is 0 Å². The summed E-state index contributed by atoms with van der Waals surface area (Å²) in [7, 11) is 2.68. The zero-order valence-corrected chi connectivity index (χ0v) is 13.5. The van der Waals surface area contributed by atoms with Crippen molar-refractivity contribution in [2.75, 3.05) is 13.7 Å².